The average Bonchev–Trinajstić information content (AvgIpc) is 2.47. The predicted molar refractivity (Wildman–Crippen MR) is 50.1 cm³/mol. The van der Waals surface area contributed by atoms with Crippen LogP contribution in [0, 0.1) is 0 Å². The highest BCUT2D eigenvalue weighted by molar-refractivity contribution is 5.89. The summed E-state index contributed by atoms with van der Waals surface area (Å²) in [5.74, 6) is -0.778. The van der Waals surface area contributed by atoms with Crippen LogP contribution in [0.25, 0.3) is 5.57 Å². The number of aromatic hydroxyl groups is 1. The Kier molecular flexibility index (Phi) is 1.89. The van der Waals surface area contributed by atoms with Crippen molar-refractivity contribution < 1.29 is 15.0 Å². The quantitative estimate of drug-likeness (QED) is 0.741. The topological polar surface area (TPSA) is 71.6 Å². The first kappa shape index (κ1) is 8.62. The van der Waals surface area contributed by atoms with Gasteiger partial charge in [0.25, 0.3) is 0 Å². The van der Waals surface area contributed by atoms with Crippen molar-refractivity contribution in [1.82, 2.24) is 5.32 Å². The summed E-state index contributed by atoms with van der Waals surface area (Å²) in [4.78, 5) is 10.5. The van der Waals surface area contributed by atoms with Crippen molar-refractivity contribution >= 4 is 17.2 Å². The van der Waals surface area contributed by atoms with Crippen LogP contribution in [-0.2, 0) is 4.79 Å². The van der Waals surface area contributed by atoms with Gasteiger partial charge in [-0.2, -0.15) is 0 Å². The van der Waals surface area contributed by atoms with Gasteiger partial charge in [-0.05, 0) is 23.8 Å². The van der Waals surface area contributed by atoms with Crippen LogP contribution in [0.15, 0.2) is 24.4 Å². The number of rotatable bonds is 2. The molecule has 0 fully saturated rings. The van der Waals surface area contributed by atoms with E-state index in [1.807, 2.05) is 0 Å². The number of phenols is 1. The summed E-state index contributed by atoms with van der Waals surface area (Å²) in [5.41, 5.74) is 2.04. The Morgan fingerprint density at radius 3 is 2.93 bits per heavy atom. The van der Waals surface area contributed by atoms with E-state index in [1.165, 1.54) is 18.3 Å². The maximum Gasteiger partial charge on any atom is 0.307 e. The summed E-state index contributed by atoms with van der Waals surface area (Å²) in [6, 6.07) is 4.72. The van der Waals surface area contributed by atoms with Crippen LogP contribution >= 0.6 is 0 Å². The zero-order chi connectivity index (χ0) is 10.1. The van der Waals surface area contributed by atoms with Gasteiger partial charge in [-0.25, -0.2) is 0 Å². The molecule has 1 radical (unpaired) electrons. The Bertz CT molecular complexity index is 423. The first-order valence-electron chi connectivity index (χ1n) is 4.12. The molecule has 71 valence electrons. The summed E-state index contributed by atoms with van der Waals surface area (Å²) in [7, 11) is 0. The molecule has 14 heavy (non-hydrogen) atoms. The number of benzene rings is 1. The molecule has 1 aromatic rings. The number of aliphatic carboxylic acids is 1. The fourth-order valence-electron chi connectivity index (χ4n) is 1.41. The van der Waals surface area contributed by atoms with Crippen LogP contribution in [0.1, 0.15) is 12.0 Å². The SMILES string of the molecule is O=C(O)CC1=C[N]c2ccc(O)cc21. The molecule has 4 nitrogen and oxygen atoms in total. The molecule has 0 aliphatic carbocycles. The molecule has 0 aromatic heterocycles. The highest BCUT2D eigenvalue weighted by atomic mass is 16.4. The van der Waals surface area contributed by atoms with Crippen LogP contribution in [0.2, 0.25) is 0 Å². The summed E-state index contributed by atoms with van der Waals surface area (Å²) in [6.45, 7) is 0. The van der Waals surface area contributed by atoms with Gasteiger partial charge in [0, 0.05) is 11.8 Å². The van der Waals surface area contributed by atoms with Crippen molar-refractivity contribution in [3.63, 3.8) is 0 Å². The Morgan fingerprint density at radius 1 is 1.43 bits per heavy atom. The van der Waals surface area contributed by atoms with E-state index in [1.54, 1.807) is 6.07 Å². The maximum atomic E-state index is 10.5. The van der Waals surface area contributed by atoms with Crippen LogP contribution in [0.4, 0.5) is 5.69 Å². The number of carboxylic acids is 1. The van der Waals surface area contributed by atoms with Crippen LogP contribution in [0.5, 0.6) is 5.75 Å². The minimum atomic E-state index is -0.900. The normalized spacial score (nSPS) is 13.0. The third kappa shape index (κ3) is 1.42. The maximum absolute atomic E-state index is 10.5. The fraction of sp³-hybridized carbons (Fsp3) is 0.100. The number of hydrogen-bond acceptors (Lipinski definition) is 2. The average molecular weight is 190 g/mol. The number of nitrogens with zero attached hydrogens (tertiary/aromatic N) is 1. The van der Waals surface area contributed by atoms with Crippen molar-refractivity contribution in [1.29, 1.82) is 0 Å². The summed E-state index contributed by atoms with van der Waals surface area (Å²) in [5, 5.41) is 21.9. The monoisotopic (exact) mass is 190 g/mol. The third-order valence-electron chi connectivity index (χ3n) is 2.03. The molecular formula is C10H8NO3. The molecule has 1 aliphatic rings. The molecule has 1 aromatic carbocycles. The standard InChI is InChI=1S/C10H8NO3/c12-7-1-2-9-8(4-7)6(5-11-9)3-10(13)14/h1-2,4-5,12H,3H2,(H,13,14). The molecule has 1 aliphatic heterocycles. The van der Waals surface area contributed by atoms with Gasteiger partial charge >= 0.3 is 5.97 Å². The van der Waals surface area contributed by atoms with Crippen molar-refractivity contribution in [2.24, 2.45) is 0 Å². The Labute approximate surface area is 80.5 Å². The number of carbonyl (C=O) groups is 1. The zero-order valence-electron chi connectivity index (χ0n) is 7.27. The van der Waals surface area contributed by atoms with E-state index in [2.05, 4.69) is 5.32 Å². The molecule has 0 saturated heterocycles. The fourth-order valence-corrected chi connectivity index (χ4v) is 1.41. The van der Waals surface area contributed by atoms with E-state index in [-0.39, 0.29) is 12.2 Å². The first-order chi connectivity index (χ1) is 6.66. The van der Waals surface area contributed by atoms with Crippen molar-refractivity contribution in [2.45, 2.75) is 6.42 Å². The molecule has 4 heteroatoms. The van der Waals surface area contributed by atoms with Crippen LogP contribution in [0.3, 0.4) is 0 Å². The molecule has 0 bridgehead atoms. The predicted octanol–water partition coefficient (Wildman–Crippen LogP) is 1.46. The lowest BCUT2D eigenvalue weighted by atomic mass is 10.0. The highest BCUT2D eigenvalue weighted by Crippen LogP contribution is 2.34. The van der Waals surface area contributed by atoms with E-state index in [4.69, 9.17) is 5.11 Å². The number of hydrogen-bond donors (Lipinski definition) is 2. The summed E-state index contributed by atoms with van der Waals surface area (Å²) >= 11 is 0. The molecule has 0 unspecified atom stereocenters. The van der Waals surface area contributed by atoms with Gasteiger partial charge in [0.2, 0.25) is 0 Å². The Hall–Kier alpha value is -1.97. The van der Waals surface area contributed by atoms with Crippen molar-refractivity contribution in [2.75, 3.05) is 0 Å². The van der Waals surface area contributed by atoms with Gasteiger partial charge < -0.3 is 10.2 Å². The molecule has 2 N–H and O–H groups in total. The minimum absolute atomic E-state index is 0.0695. The van der Waals surface area contributed by atoms with Gasteiger partial charge in [0.15, 0.2) is 0 Å². The molecule has 2 rings (SSSR count). The van der Waals surface area contributed by atoms with E-state index in [0.29, 0.717) is 16.8 Å². The highest BCUT2D eigenvalue weighted by Gasteiger charge is 2.17. The van der Waals surface area contributed by atoms with Crippen LogP contribution in [-0.4, -0.2) is 16.2 Å². The lowest BCUT2D eigenvalue weighted by molar-refractivity contribution is -0.135. The van der Waals surface area contributed by atoms with Gasteiger partial charge in [-0.3, -0.25) is 10.1 Å². The van der Waals surface area contributed by atoms with Crippen LogP contribution < -0.4 is 5.32 Å². The van der Waals surface area contributed by atoms with Gasteiger partial charge in [-0.1, -0.05) is 0 Å². The lowest BCUT2D eigenvalue weighted by Gasteiger charge is -2.01. The second-order valence-electron chi connectivity index (χ2n) is 3.06. The molecule has 0 amide bonds. The smallest absolute Gasteiger partial charge is 0.307 e. The zero-order valence-corrected chi connectivity index (χ0v) is 7.27. The number of fused-ring (bicyclic) bond motifs is 1. The van der Waals surface area contributed by atoms with Crippen molar-refractivity contribution in [3.05, 3.63) is 30.0 Å². The molecule has 0 atom stereocenters. The molecule has 1 heterocycles. The minimum Gasteiger partial charge on any atom is -0.508 e. The summed E-state index contributed by atoms with van der Waals surface area (Å²) in [6.07, 6.45) is 1.46. The van der Waals surface area contributed by atoms with Gasteiger partial charge in [0.1, 0.15) is 5.75 Å². The third-order valence-corrected chi connectivity index (χ3v) is 2.03. The largest absolute Gasteiger partial charge is 0.508 e. The van der Waals surface area contributed by atoms with Gasteiger partial charge in [-0.15, -0.1) is 0 Å². The molecule has 0 saturated carbocycles. The van der Waals surface area contributed by atoms with Crippen molar-refractivity contribution in [3.8, 4) is 5.75 Å². The number of phenolic OH excluding ortho intramolecular Hbond substituents is 1. The number of carboxylic acid groups (broad SMARTS) is 1. The van der Waals surface area contributed by atoms with E-state index < -0.39 is 5.97 Å². The second kappa shape index (κ2) is 3.06. The summed E-state index contributed by atoms with van der Waals surface area (Å²) < 4.78 is 0. The van der Waals surface area contributed by atoms with E-state index in [0.717, 1.165) is 0 Å². The van der Waals surface area contributed by atoms with E-state index >= 15 is 0 Å². The Morgan fingerprint density at radius 2 is 2.21 bits per heavy atom. The molecular weight excluding hydrogens is 182 g/mol. The van der Waals surface area contributed by atoms with Gasteiger partial charge in [0.05, 0.1) is 12.1 Å². The first-order valence-corrected chi connectivity index (χ1v) is 4.12. The lowest BCUT2D eigenvalue weighted by Crippen LogP contribution is -1.95. The van der Waals surface area contributed by atoms with E-state index in [9.17, 15) is 9.90 Å². The molecule has 0 spiro atoms. The Balaban J connectivity index is 2.35. The second-order valence-corrected chi connectivity index (χ2v) is 3.06.